The van der Waals surface area contributed by atoms with Crippen LogP contribution in [-0.2, 0) is 4.79 Å². The molecule has 0 aliphatic rings. The lowest BCUT2D eigenvalue weighted by Crippen LogP contribution is -2.24. The van der Waals surface area contributed by atoms with E-state index in [0.717, 1.165) is 0 Å². The molecule has 0 radical (unpaired) electrons. The number of phenolic OH excluding ortho intramolecular Hbond substituents is 1. The second kappa shape index (κ2) is 10.0. The van der Waals surface area contributed by atoms with E-state index in [0.29, 0.717) is 21.1 Å². The van der Waals surface area contributed by atoms with Gasteiger partial charge in [0.2, 0.25) is 0 Å². The number of nitrogens with zero attached hydrogens (tertiary/aromatic N) is 2. The lowest BCUT2D eigenvalue weighted by molar-refractivity contribution is -0.384. The van der Waals surface area contributed by atoms with E-state index in [1.54, 1.807) is 19.1 Å². The van der Waals surface area contributed by atoms with Crippen LogP contribution in [0.2, 0.25) is 0 Å². The predicted molar refractivity (Wildman–Crippen MR) is 109 cm³/mol. The van der Waals surface area contributed by atoms with Crippen molar-refractivity contribution in [2.24, 2.45) is 5.10 Å². The number of rotatable bonds is 8. The van der Waals surface area contributed by atoms with Crippen molar-refractivity contribution < 1.29 is 24.3 Å². The van der Waals surface area contributed by atoms with Gasteiger partial charge in [-0.15, -0.1) is 0 Å². The largest absolute Gasteiger partial charge is 0.503 e. The lowest BCUT2D eigenvalue weighted by Gasteiger charge is -2.08. The number of benzene rings is 2. The Kier molecular flexibility index (Phi) is 7.76. The second-order valence-corrected chi connectivity index (χ2v) is 6.94. The zero-order valence-corrected chi connectivity index (χ0v) is 17.7. The minimum absolute atomic E-state index is 0.0230. The highest BCUT2D eigenvalue weighted by Crippen LogP contribution is 2.35. The van der Waals surface area contributed by atoms with Crippen molar-refractivity contribution in [2.75, 3.05) is 13.2 Å². The summed E-state index contributed by atoms with van der Waals surface area (Å²) < 4.78 is 11.4. The van der Waals surface area contributed by atoms with E-state index < -0.39 is 10.8 Å². The van der Waals surface area contributed by atoms with E-state index >= 15 is 0 Å². The molecule has 0 aliphatic heterocycles. The molecule has 0 aromatic heterocycles. The first-order valence-electron chi connectivity index (χ1n) is 7.85. The number of nitrogens with one attached hydrogen (secondary N) is 1. The highest BCUT2D eigenvalue weighted by Gasteiger charge is 2.11. The number of carbonyl (C=O) groups excluding carboxylic acids is 1. The molecular formula is C17H15Br2N3O6. The third kappa shape index (κ3) is 5.92. The third-order valence-corrected chi connectivity index (χ3v) is 4.46. The molecule has 0 atom stereocenters. The van der Waals surface area contributed by atoms with Gasteiger partial charge in [0.15, 0.2) is 18.1 Å². The molecule has 0 fully saturated rings. The molecule has 11 heteroatoms. The number of non-ortho nitro benzene ring substituents is 1. The van der Waals surface area contributed by atoms with Crippen molar-refractivity contribution in [3.05, 3.63) is 55.0 Å². The van der Waals surface area contributed by atoms with Crippen LogP contribution in [0.5, 0.6) is 17.2 Å². The summed E-state index contributed by atoms with van der Waals surface area (Å²) in [6.07, 6.45) is 1.38. The summed E-state index contributed by atoms with van der Waals surface area (Å²) in [5, 5.41) is 24.4. The number of nitro groups is 1. The fraction of sp³-hybridized carbons (Fsp3) is 0.176. The molecule has 2 aromatic carbocycles. The third-order valence-electron chi connectivity index (χ3n) is 3.24. The van der Waals surface area contributed by atoms with Crippen molar-refractivity contribution in [3.63, 3.8) is 0 Å². The van der Waals surface area contributed by atoms with Crippen LogP contribution in [0.25, 0.3) is 0 Å². The van der Waals surface area contributed by atoms with E-state index in [-0.39, 0.29) is 29.5 Å². The number of nitro benzene ring substituents is 1. The molecule has 0 saturated heterocycles. The molecule has 0 bridgehead atoms. The van der Waals surface area contributed by atoms with Gasteiger partial charge >= 0.3 is 0 Å². The molecule has 0 heterocycles. The molecule has 148 valence electrons. The average Bonchev–Trinajstić information content (AvgIpc) is 2.64. The van der Waals surface area contributed by atoms with Crippen molar-refractivity contribution in [3.8, 4) is 17.2 Å². The van der Waals surface area contributed by atoms with Crippen LogP contribution in [-0.4, -0.2) is 35.4 Å². The van der Waals surface area contributed by atoms with E-state index in [2.05, 4.69) is 42.4 Å². The van der Waals surface area contributed by atoms with Crippen LogP contribution in [0.1, 0.15) is 12.5 Å². The van der Waals surface area contributed by atoms with Gasteiger partial charge in [0.1, 0.15) is 5.75 Å². The summed E-state index contributed by atoms with van der Waals surface area (Å²) in [6, 6.07) is 7.13. The second-order valence-electron chi connectivity index (χ2n) is 5.24. The van der Waals surface area contributed by atoms with E-state index in [4.69, 9.17) is 9.47 Å². The summed E-state index contributed by atoms with van der Waals surface area (Å²) in [4.78, 5) is 22.0. The van der Waals surface area contributed by atoms with Crippen LogP contribution in [0.15, 0.2) is 44.4 Å². The van der Waals surface area contributed by atoms with Crippen molar-refractivity contribution >= 4 is 49.7 Å². The van der Waals surface area contributed by atoms with Gasteiger partial charge in [-0.05, 0) is 62.5 Å². The normalized spacial score (nSPS) is 10.7. The molecule has 0 unspecified atom stereocenters. The smallest absolute Gasteiger partial charge is 0.277 e. The van der Waals surface area contributed by atoms with E-state index in [9.17, 15) is 20.0 Å². The lowest BCUT2D eigenvalue weighted by atomic mass is 10.2. The number of hydrogen-bond acceptors (Lipinski definition) is 7. The number of hydrogen-bond donors (Lipinski definition) is 2. The zero-order chi connectivity index (χ0) is 20.7. The first-order chi connectivity index (χ1) is 13.3. The molecule has 0 saturated carbocycles. The van der Waals surface area contributed by atoms with Crippen molar-refractivity contribution in [1.29, 1.82) is 0 Å². The average molecular weight is 517 g/mol. The van der Waals surface area contributed by atoms with Gasteiger partial charge in [0.25, 0.3) is 11.6 Å². The van der Waals surface area contributed by atoms with Gasteiger partial charge in [-0.3, -0.25) is 14.9 Å². The van der Waals surface area contributed by atoms with Gasteiger partial charge in [-0.1, -0.05) is 0 Å². The SMILES string of the molecule is CCOc1cc(C=NNC(=O)COc2ccc([N+](=O)[O-])cc2Br)cc(Br)c1O. The molecular weight excluding hydrogens is 502 g/mol. The minimum Gasteiger partial charge on any atom is -0.503 e. The van der Waals surface area contributed by atoms with E-state index in [1.807, 2.05) is 0 Å². The Hall–Kier alpha value is -2.66. The van der Waals surface area contributed by atoms with Gasteiger partial charge in [-0.25, -0.2) is 5.43 Å². The number of aromatic hydroxyl groups is 1. The summed E-state index contributed by atoms with van der Waals surface area (Å²) >= 11 is 6.37. The Morgan fingerprint density at radius 1 is 1.25 bits per heavy atom. The van der Waals surface area contributed by atoms with E-state index in [1.165, 1.54) is 24.4 Å². The number of ether oxygens (including phenoxy) is 2. The van der Waals surface area contributed by atoms with Crippen LogP contribution in [0.4, 0.5) is 5.69 Å². The molecule has 1 amide bonds. The van der Waals surface area contributed by atoms with Gasteiger partial charge in [0, 0.05) is 12.1 Å². The molecule has 2 N–H and O–H groups in total. The molecule has 2 aromatic rings. The fourth-order valence-corrected chi connectivity index (χ4v) is 2.95. The van der Waals surface area contributed by atoms with Crippen molar-refractivity contribution in [1.82, 2.24) is 5.43 Å². The Bertz CT molecular complexity index is 920. The summed E-state index contributed by atoms with van der Waals surface area (Å²) in [7, 11) is 0. The summed E-state index contributed by atoms with van der Waals surface area (Å²) in [6.45, 7) is 1.84. The maximum Gasteiger partial charge on any atom is 0.277 e. The maximum atomic E-state index is 11.8. The fourth-order valence-electron chi connectivity index (χ4n) is 2.01. The monoisotopic (exact) mass is 515 g/mol. The van der Waals surface area contributed by atoms with Crippen LogP contribution in [0.3, 0.4) is 0 Å². The zero-order valence-electron chi connectivity index (χ0n) is 14.5. The Labute approximate surface area is 176 Å². The Morgan fingerprint density at radius 2 is 2.00 bits per heavy atom. The molecule has 0 spiro atoms. The van der Waals surface area contributed by atoms with Gasteiger partial charge in [-0.2, -0.15) is 5.10 Å². The number of halogens is 2. The number of phenols is 1. The quantitative estimate of drug-likeness (QED) is 0.313. The van der Waals surface area contributed by atoms with Gasteiger partial charge in [0.05, 0.1) is 26.7 Å². The van der Waals surface area contributed by atoms with Crippen LogP contribution in [0, 0.1) is 10.1 Å². The standard InChI is InChI=1S/C17H15Br2N3O6/c1-2-27-15-6-10(5-13(19)17(15)24)8-20-21-16(23)9-28-14-4-3-11(22(25)26)7-12(14)18/h3-8,24H,2,9H2,1H3,(H,21,23). The molecule has 28 heavy (non-hydrogen) atoms. The Morgan fingerprint density at radius 3 is 2.64 bits per heavy atom. The number of amides is 1. The summed E-state index contributed by atoms with van der Waals surface area (Å²) in [5.74, 6) is 0.0269. The molecule has 0 aliphatic carbocycles. The highest BCUT2D eigenvalue weighted by molar-refractivity contribution is 9.10. The number of carbonyl (C=O) groups is 1. The molecule has 9 nitrogen and oxygen atoms in total. The summed E-state index contributed by atoms with van der Waals surface area (Å²) in [5.41, 5.74) is 2.79. The van der Waals surface area contributed by atoms with Crippen molar-refractivity contribution in [2.45, 2.75) is 6.92 Å². The van der Waals surface area contributed by atoms with Crippen LogP contribution >= 0.6 is 31.9 Å². The molecule has 2 rings (SSSR count). The minimum atomic E-state index is -0.533. The van der Waals surface area contributed by atoms with Crippen LogP contribution < -0.4 is 14.9 Å². The highest BCUT2D eigenvalue weighted by atomic mass is 79.9. The maximum absolute atomic E-state index is 11.8. The number of hydrazone groups is 1. The van der Waals surface area contributed by atoms with Gasteiger partial charge < -0.3 is 14.6 Å². The first-order valence-corrected chi connectivity index (χ1v) is 9.44. The Balaban J connectivity index is 1.93. The topological polar surface area (TPSA) is 123 Å². The predicted octanol–water partition coefficient (Wildman–Crippen LogP) is 3.75. The first kappa shape index (κ1) is 21.6.